The first kappa shape index (κ1) is 14.5. The largest absolute Gasteiger partial charge is 0.495 e. The molecule has 4 amide bonds. The van der Waals surface area contributed by atoms with Crippen molar-refractivity contribution in [3.8, 4) is 5.75 Å². The van der Waals surface area contributed by atoms with Gasteiger partial charge in [0.1, 0.15) is 5.75 Å². The number of imide groups is 2. The van der Waals surface area contributed by atoms with Crippen LogP contribution in [0.5, 0.6) is 5.75 Å². The lowest BCUT2D eigenvalue weighted by molar-refractivity contribution is -0.140. The number of rotatable bonds is 1. The fourth-order valence-corrected chi connectivity index (χ4v) is 3.14. The molecule has 0 bridgehead atoms. The Kier molecular flexibility index (Phi) is 3.00. The predicted molar refractivity (Wildman–Crippen MR) is 74.5 cm³/mol. The third-order valence-electron chi connectivity index (χ3n) is 4.02. The SMILES string of the molecule is COc1cc2c(cc1Cl)C1(CC(=O)NC1=O)C(=O)N(C)C2=O. The highest BCUT2D eigenvalue weighted by atomic mass is 35.5. The first-order valence-corrected chi connectivity index (χ1v) is 6.75. The average molecular weight is 323 g/mol. The van der Waals surface area contributed by atoms with Gasteiger partial charge in [0, 0.05) is 12.6 Å². The second-order valence-corrected chi connectivity index (χ2v) is 5.57. The molecule has 0 aromatic heterocycles. The van der Waals surface area contributed by atoms with Gasteiger partial charge in [-0.15, -0.1) is 0 Å². The van der Waals surface area contributed by atoms with Crippen LogP contribution in [0.15, 0.2) is 12.1 Å². The molecule has 1 fully saturated rings. The normalized spacial score (nSPS) is 23.9. The van der Waals surface area contributed by atoms with Crippen LogP contribution in [0, 0.1) is 0 Å². The van der Waals surface area contributed by atoms with Crippen LogP contribution in [-0.4, -0.2) is 42.7 Å². The highest BCUT2D eigenvalue weighted by Crippen LogP contribution is 2.43. The van der Waals surface area contributed by atoms with Crippen molar-refractivity contribution >= 4 is 35.2 Å². The molecular weight excluding hydrogens is 312 g/mol. The summed E-state index contributed by atoms with van der Waals surface area (Å²) in [5.74, 6) is -2.39. The van der Waals surface area contributed by atoms with E-state index >= 15 is 0 Å². The number of ether oxygens (including phenoxy) is 1. The van der Waals surface area contributed by atoms with E-state index in [4.69, 9.17) is 16.3 Å². The molecular formula is C14H11ClN2O5. The highest BCUT2D eigenvalue weighted by Gasteiger charge is 2.60. The molecule has 0 radical (unpaired) electrons. The maximum Gasteiger partial charge on any atom is 0.260 e. The van der Waals surface area contributed by atoms with E-state index in [-0.39, 0.29) is 28.3 Å². The van der Waals surface area contributed by atoms with Crippen LogP contribution in [0.3, 0.4) is 0 Å². The monoisotopic (exact) mass is 322 g/mol. The third kappa shape index (κ3) is 1.62. The van der Waals surface area contributed by atoms with Crippen molar-refractivity contribution in [3.05, 3.63) is 28.3 Å². The minimum atomic E-state index is -1.75. The Morgan fingerprint density at radius 2 is 1.95 bits per heavy atom. The van der Waals surface area contributed by atoms with Crippen molar-refractivity contribution in [2.75, 3.05) is 14.2 Å². The van der Waals surface area contributed by atoms with E-state index < -0.39 is 29.0 Å². The minimum absolute atomic E-state index is 0.119. The quantitative estimate of drug-likeness (QED) is 0.591. The molecule has 1 aromatic rings. The van der Waals surface area contributed by atoms with Crippen molar-refractivity contribution < 1.29 is 23.9 Å². The van der Waals surface area contributed by atoms with Gasteiger partial charge in [-0.25, -0.2) is 0 Å². The second-order valence-electron chi connectivity index (χ2n) is 5.16. The number of benzene rings is 1. The number of amides is 4. The van der Waals surface area contributed by atoms with Gasteiger partial charge in [-0.1, -0.05) is 11.6 Å². The Labute approximate surface area is 130 Å². The van der Waals surface area contributed by atoms with Gasteiger partial charge in [-0.2, -0.15) is 0 Å². The number of hydrogen-bond acceptors (Lipinski definition) is 5. The van der Waals surface area contributed by atoms with Gasteiger partial charge < -0.3 is 4.74 Å². The molecule has 114 valence electrons. The lowest BCUT2D eigenvalue weighted by Crippen LogP contribution is -2.56. The van der Waals surface area contributed by atoms with Gasteiger partial charge in [0.05, 0.1) is 18.6 Å². The molecule has 2 aliphatic rings. The summed E-state index contributed by atoms with van der Waals surface area (Å²) in [6.07, 6.45) is -0.349. The Morgan fingerprint density at radius 3 is 2.50 bits per heavy atom. The number of methoxy groups -OCH3 is 1. The molecule has 2 heterocycles. The minimum Gasteiger partial charge on any atom is -0.495 e. The van der Waals surface area contributed by atoms with Gasteiger partial charge in [-0.05, 0) is 17.7 Å². The van der Waals surface area contributed by atoms with E-state index in [2.05, 4.69) is 5.32 Å². The van der Waals surface area contributed by atoms with Crippen LogP contribution >= 0.6 is 11.6 Å². The number of nitrogens with zero attached hydrogens (tertiary/aromatic N) is 1. The maximum atomic E-state index is 12.6. The number of hydrogen-bond donors (Lipinski definition) is 1. The summed E-state index contributed by atoms with van der Waals surface area (Å²) >= 11 is 6.06. The number of carbonyl (C=O) groups is 4. The van der Waals surface area contributed by atoms with Gasteiger partial charge >= 0.3 is 0 Å². The van der Waals surface area contributed by atoms with Crippen LogP contribution in [-0.2, 0) is 19.8 Å². The van der Waals surface area contributed by atoms with Crippen LogP contribution < -0.4 is 10.1 Å². The van der Waals surface area contributed by atoms with Crippen LogP contribution in [0.2, 0.25) is 5.02 Å². The molecule has 8 heteroatoms. The van der Waals surface area contributed by atoms with Crippen LogP contribution in [0.25, 0.3) is 0 Å². The van der Waals surface area contributed by atoms with Crippen molar-refractivity contribution in [1.82, 2.24) is 10.2 Å². The van der Waals surface area contributed by atoms with Crippen molar-refractivity contribution in [2.45, 2.75) is 11.8 Å². The number of carbonyl (C=O) groups excluding carboxylic acids is 4. The maximum absolute atomic E-state index is 12.6. The van der Waals surface area contributed by atoms with Gasteiger partial charge in [-0.3, -0.25) is 29.4 Å². The Balaban J connectivity index is 2.35. The Hall–Kier alpha value is -2.41. The van der Waals surface area contributed by atoms with E-state index in [1.807, 2.05) is 0 Å². The molecule has 1 spiro atoms. The van der Waals surface area contributed by atoms with Crippen LogP contribution in [0.1, 0.15) is 22.3 Å². The average Bonchev–Trinajstić information content (AvgIpc) is 2.78. The zero-order valence-corrected chi connectivity index (χ0v) is 12.5. The van der Waals surface area contributed by atoms with E-state index in [1.165, 1.54) is 26.3 Å². The molecule has 1 atom stereocenters. The van der Waals surface area contributed by atoms with Crippen molar-refractivity contribution in [3.63, 3.8) is 0 Å². The predicted octanol–water partition coefficient (Wildman–Crippen LogP) is 0.245. The lowest BCUT2D eigenvalue weighted by Gasteiger charge is -2.35. The number of halogens is 1. The summed E-state index contributed by atoms with van der Waals surface area (Å²) in [7, 11) is 2.66. The standard InChI is InChI=1S/C14H11ClN2O5/c1-17-11(19)6-3-9(22-2)8(15)4-7(6)14(13(17)21)5-10(18)16-12(14)20/h3-4H,5H2,1-2H3,(H,16,18,20). The second kappa shape index (κ2) is 4.54. The summed E-state index contributed by atoms with van der Waals surface area (Å²) in [5, 5.41) is 2.27. The molecule has 0 saturated carbocycles. The Bertz CT molecular complexity index is 760. The van der Waals surface area contributed by atoms with Crippen molar-refractivity contribution in [1.29, 1.82) is 0 Å². The van der Waals surface area contributed by atoms with E-state index in [9.17, 15) is 19.2 Å². The number of likely N-dealkylation sites (N-methyl/N-ethyl adjacent to an activating group) is 1. The molecule has 1 unspecified atom stereocenters. The number of fused-ring (bicyclic) bond motifs is 2. The van der Waals surface area contributed by atoms with Gasteiger partial charge in [0.25, 0.3) is 5.91 Å². The summed E-state index contributed by atoms with van der Waals surface area (Å²) in [4.78, 5) is 49.6. The van der Waals surface area contributed by atoms with E-state index in [0.717, 1.165) is 4.90 Å². The molecule has 1 N–H and O–H groups in total. The molecule has 22 heavy (non-hydrogen) atoms. The zero-order chi connectivity index (χ0) is 16.2. The summed E-state index contributed by atoms with van der Waals surface area (Å²) in [6, 6.07) is 2.72. The first-order chi connectivity index (χ1) is 10.3. The third-order valence-corrected chi connectivity index (χ3v) is 4.32. The highest BCUT2D eigenvalue weighted by molar-refractivity contribution is 6.33. The summed E-state index contributed by atoms with van der Waals surface area (Å²) in [6.45, 7) is 0. The van der Waals surface area contributed by atoms with Gasteiger partial charge in [0.15, 0.2) is 5.41 Å². The number of nitrogens with one attached hydrogen (secondary N) is 1. The van der Waals surface area contributed by atoms with E-state index in [0.29, 0.717) is 0 Å². The molecule has 0 aliphatic carbocycles. The molecule has 1 aromatic carbocycles. The topological polar surface area (TPSA) is 92.8 Å². The Morgan fingerprint density at radius 1 is 1.27 bits per heavy atom. The fraction of sp³-hybridized carbons (Fsp3) is 0.286. The molecule has 7 nitrogen and oxygen atoms in total. The smallest absolute Gasteiger partial charge is 0.260 e. The molecule has 1 saturated heterocycles. The lowest BCUT2D eigenvalue weighted by atomic mass is 9.72. The summed E-state index contributed by atoms with van der Waals surface area (Å²) < 4.78 is 5.07. The van der Waals surface area contributed by atoms with Crippen LogP contribution in [0.4, 0.5) is 0 Å². The molecule has 2 aliphatic heterocycles. The van der Waals surface area contributed by atoms with E-state index in [1.54, 1.807) is 0 Å². The van der Waals surface area contributed by atoms with Gasteiger partial charge in [0.2, 0.25) is 17.7 Å². The first-order valence-electron chi connectivity index (χ1n) is 6.37. The van der Waals surface area contributed by atoms with Crippen molar-refractivity contribution in [2.24, 2.45) is 0 Å². The zero-order valence-electron chi connectivity index (χ0n) is 11.7. The molecule has 3 rings (SSSR count). The summed E-state index contributed by atoms with van der Waals surface area (Å²) in [5.41, 5.74) is -1.49. The fourth-order valence-electron chi connectivity index (χ4n) is 2.90.